The summed E-state index contributed by atoms with van der Waals surface area (Å²) >= 11 is 6.07. The molecule has 0 spiro atoms. The first-order chi connectivity index (χ1) is 37.0. The lowest BCUT2D eigenvalue weighted by molar-refractivity contribution is -0.150. The van der Waals surface area contributed by atoms with Crippen LogP contribution in [0.1, 0.15) is 139 Å². The Bertz CT molecular complexity index is 2170. The fourth-order valence-corrected chi connectivity index (χ4v) is 12.0. The Morgan fingerprint density at radius 3 is 1.39 bits per heavy atom. The Labute approximate surface area is 454 Å². The van der Waals surface area contributed by atoms with Gasteiger partial charge in [0.1, 0.15) is 17.9 Å². The molecule has 2 aliphatic carbocycles. The molecule has 2 saturated heterocycles. The summed E-state index contributed by atoms with van der Waals surface area (Å²) in [4.78, 5) is 70.8. The van der Waals surface area contributed by atoms with E-state index in [4.69, 9.17) is 21.1 Å². The zero-order valence-electron chi connectivity index (χ0n) is 45.0. The average Bonchev–Trinajstić information content (AvgIpc) is 4.20. The van der Waals surface area contributed by atoms with E-state index in [2.05, 4.69) is 55.1 Å². The number of carbonyl (C=O) groups excluding carboxylic acids is 4. The summed E-state index contributed by atoms with van der Waals surface area (Å²) in [6.07, 6.45) is 26.4. The number of aromatic amines is 2. The van der Waals surface area contributed by atoms with Crippen LogP contribution in [0.5, 0.6) is 0 Å². The first kappa shape index (κ1) is 58.2. The van der Waals surface area contributed by atoms with Crippen LogP contribution in [0, 0.1) is 17.7 Å². The second-order valence-corrected chi connectivity index (χ2v) is 21.8. The van der Waals surface area contributed by atoms with Crippen molar-refractivity contribution in [3.63, 3.8) is 0 Å². The molecule has 4 fully saturated rings. The van der Waals surface area contributed by atoms with Gasteiger partial charge in [-0.25, -0.2) is 23.9 Å². The summed E-state index contributed by atoms with van der Waals surface area (Å²) in [5, 5.41) is 12.2. The highest BCUT2D eigenvalue weighted by Gasteiger charge is 2.46. The topological polar surface area (TPSA) is 199 Å². The number of benzene rings is 2. The Kier molecular flexibility index (Phi) is 22.8. The molecular formula is C58H84ClFN10O6. The maximum Gasteiger partial charge on any atom is 0.315 e. The number of amides is 6. The number of halogens is 2. The van der Waals surface area contributed by atoms with E-state index in [0.717, 1.165) is 74.3 Å². The van der Waals surface area contributed by atoms with Crippen LogP contribution >= 0.6 is 11.6 Å². The third kappa shape index (κ3) is 17.2. The first-order valence-corrected chi connectivity index (χ1v) is 28.7. The van der Waals surface area contributed by atoms with Crippen LogP contribution in [0.3, 0.4) is 0 Å². The number of nitrogens with zero attached hydrogens (tertiary/aromatic N) is 4. The molecule has 2 saturated carbocycles. The van der Waals surface area contributed by atoms with Gasteiger partial charge in [0.15, 0.2) is 0 Å². The van der Waals surface area contributed by atoms with E-state index in [1.54, 1.807) is 37.2 Å². The second-order valence-electron chi connectivity index (χ2n) is 21.4. The van der Waals surface area contributed by atoms with E-state index in [1.165, 1.54) is 76.3 Å². The predicted octanol–water partition coefficient (Wildman–Crippen LogP) is 9.25. The normalized spacial score (nSPS) is 18.6. The van der Waals surface area contributed by atoms with Gasteiger partial charge in [0.25, 0.3) is 0 Å². The van der Waals surface area contributed by atoms with Gasteiger partial charge < -0.3 is 50.5 Å². The Morgan fingerprint density at radius 2 is 1.03 bits per heavy atom. The number of ether oxygens (including phenoxy) is 2. The molecule has 18 heteroatoms. The summed E-state index contributed by atoms with van der Waals surface area (Å²) in [6.45, 7) is 9.19. The number of aromatic nitrogens is 4. The number of urea groups is 2. The van der Waals surface area contributed by atoms with E-state index in [1.807, 2.05) is 34.1 Å². The smallest absolute Gasteiger partial charge is 0.315 e. The highest BCUT2D eigenvalue weighted by molar-refractivity contribution is 6.30. The molecule has 4 aromatic rings. The van der Waals surface area contributed by atoms with Crippen molar-refractivity contribution in [3.05, 3.63) is 107 Å². The minimum atomic E-state index is -0.744. The maximum atomic E-state index is 13.8. The second kappa shape index (κ2) is 29.8. The van der Waals surface area contributed by atoms with Crippen molar-refractivity contribution in [1.29, 1.82) is 0 Å². The highest BCUT2D eigenvalue weighted by atomic mass is 35.5. The molecule has 0 bridgehead atoms. The van der Waals surface area contributed by atoms with Crippen LogP contribution < -0.4 is 21.3 Å². The molecule has 4 heterocycles. The van der Waals surface area contributed by atoms with Gasteiger partial charge in [-0.2, -0.15) is 0 Å². The van der Waals surface area contributed by atoms with Crippen molar-refractivity contribution in [2.75, 3.05) is 52.5 Å². The van der Waals surface area contributed by atoms with Crippen molar-refractivity contribution in [1.82, 2.24) is 51.0 Å². The average molecular weight is 1070 g/mol. The molecule has 416 valence electrons. The number of piperidine rings is 2. The van der Waals surface area contributed by atoms with Crippen LogP contribution in [0.4, 0.5) is 14.0 Å². The zero-order chi connectivity index (χ0) is 53.6. The molecule has 76 heavy (non-hydrogen) atoms. The fraction of sp³-hybridized carbons (Fsp3) is 0.621. The number of likely N-dealkylation sites (tertiary alicyclic amines) is 2. The Morgan fingerprint density at radius 1 is 0.632 bits per heavy atom. The largest absolute Gasteiger partial charge is 0.375 e. The van der Waals surface area contributed by atoms with Gasteiger partial charge in [-0.05, 0) is 111 Å². The summed E-state index contributed by atoms with van der Waals surface area (Å²) in [6, 6.07) is 11.4. The Hall–Kier alpha value is -5.52. The van der Waals surface area contributed by atoms with E-state index >= 15 is 0 Å². The van der Waals surface area contributed by atoms with Crippen LogP contribution in [0.15, 0.2) is 73.6 Å². The van der Waals surface area contributed by atoms with Crippen molar-refractivity contribution < 1.29 is 33.0 Å². The molecule has 6 amide bonds. The van der Waals surface area contributed by atoms with E-state index in [-0.39, 0.29) is 34.9 Å². The van der Waals surface area contributed by atoms with E-state index < -0.39 is 18.1 Å². The quantitative estimate of drug-likeness (QED) is 0.0448. The first-order valence-electron chi connectivity index (χ1n) is 28.4. The minimum absolute atomic E-state index is 0.0450. The molecule has 2 atom stereocenters. The third-order valence-corrected chi connectivity index (χ3v) is 16.4. The molecule has 2 aromatic carbocycles. The SMILES string of the molecule is CCCOC1(C2CCCCC2)CCN(C(=O)[C@@H](Cc2ccc(Cl)cc2)NC(=O)NCCc2cnc[nH]2)CC1.CCCOC1(C2CCCCC2)CCN(C(=O)[C@@H](Cc2ccc(F)cc2)NC(=O)NCCc2cnc[nH]2)CC1. The minimum Gasteiger partial charge on any atom is -0.375 e. The fourth-order valence-electron chi connectivity index (χ4n) is 11.9. The van der Waals surface area contributed by atoms with Gasteiger partial charge in [-0.1, -0.05) is 88.2 Å². The van der Waals surface area contributed by atoms with E-state index in [9.17, 15) is 23.6 Å². The lowest BCUT2D eigenvalue weighted by Gasteiger charge is -2.48. The molecule has 0 unspecified atom stereocenters. The van der Waals surface area contributed by atoms with Gasteiger partial charge in [0.05, 0.1) is 23.9 Å². The highest BCUT2D eigenvalue weighted by Crippen LogP contribution is 2.43. The molecule has 4 aliphatic rings. The molecule has 8 rings (SSSR count). The van der Waals surface area contributed by atoms with Crippen molar-refractivity contribution >= 4 is 35.5 Å². The number of hydrogen-bond donors (Lipinski definition) is 6. The van der Waals surface area contributed by atoms with Crippen molar-refractivity contribution in [2.45, 2.75) is 166 Å². The van der Waals surface area contributed by atoms with Gasteiger partial charge in [0.2, 0.25) is 11.8 Å². The van der Waals surface area contributed by atoms with Gasteiger partial charge >= 0.3 is 12.1 Å². The Balaban J connectivity index is 0.000000221. The number of H-pyrrole nitrogens is 2. The van der Waals surface area contributed by atoms with Crippen molar-refractivity contribution in [2.24, 2.45) is 11.8 Å². The van der Waals surface area contributed by atoms with Crippen LogP contribution in [-0.4, -0.2) is 129 Å². The van der Waals surface area contributed by atoms with Crippen LogP contribution in [-0.2, 0) is 44.7 Å². The standard InChI is InChI=1S/C29H42ClN5O3.C29H42FN5O3/c2*1-2-18-38-29(23-6-4-3-5-7-23)13-16-35(17-14-29)27(36)26(19-22-8-10-24(30)11-9-22)34-28(37)32-15-12-25-20-31-21-33-25/h2*8-11,20-21,23,26H,2-7,12-19H2,1H3,(H,31,33)(H2,32,34,37)/t2*26-/m11/s1. The van der Waals surface area contributed by atoms with Gasteiger partial charge in [-0.15, -0.1) is 0 Å². The lowest BCUT2D eigenvalue weighted by atomic mass is 9.72. The number of imidazole rings is 2. The summed E-state index contributed by atoms with van der Waals surface area (Å²) in [5.74, 6) is 0.642. The number of nitrogens with one attached hydrogen (secondary N) is 6. The predicted molar refractivity (Wildman–Crippen MR) is 293 cm³/mol. The molecule has 0 radical (unpaired) electrons. The number of rotatable bonds is 22. The maximum absolute atomic E-state index is 13.8. The van der Waals surface area contributed by atoms with Crippen LogP contribution in [0.2, 0.25) is 5.02 Å². The van der Waals surface area contributed by atoms with Gasteiger partial charge in [0, 0.05) is 107 Å². The lowest BCUT2D eigenvalue weighted by Crippen LogP contribution is -2.57. The number of carbonyl (C=O) groups is 4. The van der Waals surface area contributed by atoms with Crippen LogP contribution in [0.25, 0.3) is 0 Å². The number of hydrogen-bond acceptors (Lipinski definition) is 8. The van der Waals surface area contributed by atoms with Gasteiger partial charge in [-0.3, -0.25) is 9.59 Å². The zero-order valence-corrected chi connectivity index (χ0v) is 45.8. The summed E-state index contributed by atoms with van der Waals surface area (Å²) < 4.78 is 26.6. The summed E-state index contributed by atoms with van der Waals surface area (Å²) in [5.41, 5.74) is 3.32. The molecule has 16 nitrogen and oxygen atoms in total. The molecule has 2 aliphatic heterocycles. The third-order valence-electron chi connectivity index (χ3n) is 16.1. The van der Waals surface area contributed by atoms with E-state index in [0.29, 0.717) is 81.8 Å². The molecule has 2 aromatic heterocycles. The summed E-state index contributed by atoms with van der Waals surface area (Å²) in [7, 11) is 0. The molecular weight excluding hydrogens is 987 g/mol. The molecule has 6 N–H and O–H groups in total. The van der Waals surface area contributed by atoms with Crippen molar-refractivity contribution in [3.8, 4) is 0 Å². The monoisotopic (exact) mass is 1070 g/mol.